The van der Waals surface area contributed by atoms with Crippen LogP contribution in [0.2, 0.25) is 0 Å². The molecule has 0 bridgehead atoms. The van der Waals surface area contributed by atoms with Gasteiger partial charge in [0.25, 0.3) is 0 Å². The van der Waals surface area contributed by atoms with E-state index in [0.717, 1.165) is 31.8 Å². The molecule has 1 N–H and O–H groups in total. The maximum Gasteiger partial charge on any atom is 0.206 e. The van der Waals surface area contributed by atoms with Crippen molar-refractivity contribution >= 4 is 7.37 Å². The quantitative estimate of drug-likeness (QED) is 0.441. The van der Waals surface area contributed by atoms with Gasteiger partial charge < -0.3 is 9.63 Å². The fourth-order valence-electron chi connectivity index (χ4n) is 7.97. The third kappa shape index (κ3) is 4.85. The van der Waals surface area contributed by atoms with Crippen LogP contribution in [0.4, 0.5) is 0 Å². The maximum atomic E-state index is 14.6. The number of rotatable bonds is 2. The Morgan fingerprint density at radius 3 is 1.90 bits per heavy atom. The van der Waals surface area contributed by atoms with Crippen molar-refractivity contribution in [2.24, 2.45) is 40.4 Å². The Morgan fingerprint density at radius 2 is 1.32 bits per heavy atom. The molecule has 0 spiro atoms. The Labute approximate surface area is 191 Å². The second-order valence-electron chi connectivity index (χ2n) is 13.8. The molecule has 0 aromatic carbocycles. The molecule has 7 atom stereocenters. The lowest BCUT2D eigenvalue weighted by molar-refractivity contribution is -0.0812. The van der Waals surface area contributed by atoms with Gasteiger partial charge in [-0.25, -0.2) is 0 Å². The van der Waals surface area contributed by atoms with E-state index >= 15 is 0 Å². The van der Waals surface area contributed by atoms with E-state index in [1.54, 1.807) is 0 Å². The van der Waals surface area contributed by atoms with Crippen LogP contribution < -0.4 is 0 Å². The molecule has 4 rings (SSSR count). The summed E-state index contributed by atoms with van der Waals surface area (Å²) in [4.78, 5) is 0. The van der Waals surface area contributed by atoms with Crippen molar-refractivity contribution in [3.8, 4) is 0 Å². The third-order valence-corrected chi connectivity index (χ3v) is 12.9. The van der Waals surface area contributed by atoms with Gasteiger partial charge in [0, 0.05) is 11.8 Å². The van der Waals surface area contributed by atoms with Gasteiger partial charge >= 0.3 is 0 Å². The van der Waals surface area contributed by atoms with E-state index in [2.05, 4.69) is 41.5 Å². The fourth-order valence-corrected chi connectivity index (χ4v) is 11.8. The lowest BCUT2D eigenvalue weighted by Gasteiger charge is -2.53. The summed E-state index contributed by atoms with van der Waals surface area (Å²) < 4.78 is 21.3. The van der Waals surface area contributed by atoms with E-state index in [-0.39, 0.29) is 34.9 Å². The van der Waals surface area contributed by atoms with Gasteiger partial charge in [-0.2, -0.15) is 0 Å². The molecule has 180 valence electrons. The Hall–Kier alpha value is 0.150. The van der Waals surface area contributed by atoms with Crippen molar-refractivity contribution in [3.05, 3.63) is 0 Å². The van der Waals surface area contributed by atoms with Gasteiger partial charge in [-0.3, -0.25) is 4.57 Å². The molecule has 0 aromatic heterocycles. The highest BCUT2D eigenvalue weighted by Gasteiger charge is 2.54. The van der Waals surface area contributed by atoms with E-state index < -0.39 is 7.37 Å². The van der Waals surface area contributed by atoms with Crippen LogP contribution in [0.3, 0.4) is 0 Å². The topological polar surface area (TPSA) is 46.5 Å². The molecule has 7 unspecified atom stereocenters. The molecule has 1 heterocycles. The highest BCUT2D eigenvalue weighted by Crippen LogP contribution is 2.68. The van der Waals surface area contributed by atoms with Gasteiger partial charge in [0.2, 0.25) is 7.37 Å². The number of hydrogen-bond acceptors (Lipinski definition) is 3. The Morgan fingerprint density at radius 1 is 0.806 bits per heavy atom. The summed E-state index contributed by atoms with van der Waals surface area (Å²) in [5, 5.41) is 11.3. The van der Waals surface area contributed by atoms with Gasteiger partial charge in [-0.05, 0) is 78.9 Å². The zero-order valence-electron chi connectivity index (χ0n) is 21.1. The van der Waals surface area contributed by atoms with E-state index in [0.29, 0.717) is 23.4 Å². The molecule has 3 nitrogen and oxygen atoms in total. The minimum Gasteiger partial charge on any atom is -0.393 e. The van der Waals surface area contributed by atoms with Crippen LogP contribution in [0.15, 0.2) is 0 Å². The van der Waals surface area contributed by atoms with Crippen LogP contribution in [0.25, 0.3) is 0 Å². The summed E-state index contributed by atoms with van der Waals surface area (Å²) in [5.41, 5.74) is 0.435. The normalized spacial score (nSPS) is 46.8. The first-order valence-electron chi connectivity index (χ1n) is 13.4. The lowest BCUT2D eigenvalue weighted by Crippen LogP contribution is -2.49. The molecular weight excluding hydrogens is 403 g/mol. The minimum atomic E-state index is -2.66. The molecule has 3 saturated carbocycles. The lowest BCUT2D eigenvalue weighted by atomic mass is 9.59. The second-order valence-corrected chi connectivity index (χ2v) is 16.5. The van der Waals surface area contributed by atoms with Crippen molar-refractivity contribution in [3.63, 3.8) is 0 Å². The molecule has 0 amide bonds. The average Bonchev–Trinajstić information content (AvgIpc) is 2.68. The van der Waals surface area contributed by atoms with Crippen LogP contribution >= 0.6 is 7.37 Å². The Kier molecular flexibility index (Phi) is 6.84. The van der Waals surface area contributed by atoms with E-state index in [4.69, 9.17) is 4.52 Å². The highest BCUT2D eigenvalue weighted by atomic mass is 31.2. The standard InChI is InChI=1S/C27H49O3P/c1-26(2,3)21-15-18(16-22(25(21)28)27(4,5)6)17-31(29)24-14-10-8-12-20(24)19-11-7-9-13-23(19)30-31/h18-25,28H,7-17H2,1-6H3. The van der Waals surface area contributed by atoms with Crippen LogP contribution in [-0.2, 0) is 9.09 Å². The number of aliphatic hydroxyl groups excluding tert-OH is 1. The van der Waals surface area contributed by atoms with Crippen molar-refractivity contribution in [1.29, 1.82) is 0 Å². The van der Waals surface area contributed by atoms with Crippen molar-refractivity contribution in [1.82, 2.24) is 0 Å². The number of aliphatic hydroxyl groups is 1. The molecule has 31 heavy (non-hydrogen) atoms. The van der Waals surface area contributed by atoms with E-state index in [9.17, 15) is 9.67 Å². The van der Waals surface area contributed by atoms with E-state index in [1.165, 1.54) is 38.5 Å². The van der Waals surface area contributed by atoms with Gasteiger partial charge in [-0.15, -0.1) is 0 Å². The first-order valence-corrected chi connectivity index (χ1v) is 15.2. The van der Waals surface area contributed by atoms with E-state index in [1.807, 2.05) is 0 Å². The van der Waals surface area contributed by atoms with Crippen LogP contribution in [0.1, 0.15) is 106 Å². The summed E-state index contributed by atoms with van der Waals surface area (Å²) in [6, 6.07) is 0. The largest absolute Gasteiger partial charge is 0.393 e. The van der Waals surface area contributed by atoms with Gasteiger partial charge in [0.05, 0.1) is 12.2 Å². The number of fused-ring (bicyclic) bond motifs is 3. The zero-order valence-corrected chi connectivity index (χ0v) is 22.0. The summed E-state index contributed by atoms with van der Waals surface area (Å²) in [6.45, 7) is 13.6. The summed E-state index contributed by atoms with van der Waals surface area (Å²) in [7, 11) is -2.66. The highest BCUT2D eigenvalue weighted by molar-refractivity contribution is 7.59. The van der Waals surface area contributed by atoms with Crippen molar-refractivity contribution in [2.75, 3.05) is 6.16 Å². The van der Waals surface area contributed by atoms with Crippen molar-refractivity contribution in [2.45, 2.75) is 124 Å². The van der Waals surface area contributed by atoms with Crippen LogP contribution in [-0.4, -0.2) is 29.1 Å². The number of hydrogen-bond donors (Lipinski definition) is 1. The first kappa shape index (κ1) is 24.3. The predicted molar refractivity (Wildman–Crippen MR) is 130 cm³/mol. The SMILES string of the molecule is CC(C)(C)C1CC(CP2(=O)OC3CCCCC3C3CCCCC32)CC(C(C)(C)C)C1O. The first-order chi connectivity index (χ1) is 14.4. The van der Waals surface area contributed by atoms with Crippen LogP contribution in [0.5, 0.6) is 0 Å². The third-order valence-electron chi connectivity index (χ3n) is 9.64. The zero-order chi connectivity index (χ0) is 22.6. The smallest absolute Gasteiger partial charge is 0.206 e. The average molecular weight is 453 g/mol. The molecule has 0 aromatic rings. The predicted octanol–water partition coefficient (Wildman–Crippen LogP) is 7.51. The van der Waals surface area contributed by atoms with Gasteiger partial charge in [0.1, 0.15) is 0 Å². The van der Waals surface area contributed by atoms with Gasteiger partial charge in [0.15, 0.2) is 0 Å². The molecular formula is C27H49O3P. The minimum absolute atomic E-state index is 0.0609. The molecule has 4 aliphatic rings. The van der Waals surface area contributed by atoms with Crippen LogP contribution in [0, 0.1) is 40.4 Å². The van der Waals surface area contributed by atoms with Crippen molar-refractivity contribution < 1.29 is 14.2 Å². The summed E-state index contributed by atoms with van der Waals surface area (Å²) in [6.07, 6.45) is 12.7. The Bertz CT molecular complexity index is 651. The molecule has 4 fully saturated rings. The maximum absolute atomic E-state index is 14.6. The summed E-state index contributed by atoms with van der Waals surface area (Å²) >= 11 is 0. The molecule has 1 aliphatic heterocycles. The fraction of sp³-hybridized carbons (Fsp3) is 1.00. The molecule has 3 aliphatic carbocycles. The molecule has 4 heteroatoms. The molecule has 1 saturated heterocycles. The molecule has 0 radical (unpaired) electrons. The monoisotopic (exact) mass is 452 g/mol. The second kappa shape index (κ2) is 8.74. The Balaban J connectivity index is 1.59. The van der Waals surface area contributed by atoms with Gasteiger partial charge in [-0.1, -0.05) is 67.2 Å². The summed E-state index contributed by atoms with van der Waals surface area (Å²) in [5.74, 6) is 2.24.